The summed E-state index contributed by atoms with van der Waals surface area (Å²) in [6.45, 7) is 0. The number of benzene rings is 2. The average Bonchev–Trinajstić information content (AvgIpc) is 2.57. The third-order valence-electron chi connectivity index (χ3n) is 3.98. The summed E-state index contributed by atoms with van der Waals surface area (Å²) in [6.07, 6.45) is 0.351. The third kappa shape index (κ3) is 3.31. The standard InChI is InChI=1S/C18H20OS2/c19-17(13-15-7-3-1-4-8-15)18(14-20-11-12-21-18)16-9-5-2-6-10-16/h1-10,17,19H,11-14H2. The maximum atomic E-state index is 11.0. The maximum Gasteiger partial charge on any atom is 0.0776 e. The summed E-state index contributed by atoms with van der Waals surface area (Å²) in [6, 6.07) is 20.8. The Hall–Kier alpha value is -0.900. The van der Waals surface area contributed by atoms with Gasteiger partial charge in [0, 0.05) is 23.7 Å². The van der Waals surface area contributed by atoms with E-state index >= 15 is 0 Å². The molecule has 3 rings (SSSR count). The fraction of sp³-hybridized carbons (Fsp3) is 0.333. The van der Waals surface area contributed by atoms with E-state index in [-0.39, 0.29) is 10.9 Å². The molecule has 3 heteroatoms. The van der Waals surface area contributed by atoms with Gasteiger partial charge in [-0.2, -0.15) is 11.8 Å². The molecule has 0 aromatic heterocycles. The monoisotopic (exact) mass is 316 g/mol. The molecule has 0 aliphatic carbocycles. The predicted molar refractivity (Wildman–Crippen MR) is 94.1 cm³/mol. The Bertz CT molecular complexity index is 550. The molecule has 0 spiro atoms. The van der Waals surface area contributed by atoms with Crippen molar-refractivity contribution in [2.24, 2.45) is 0 Å². The molecule has 0 radical (unpaired) electrons. The second-order valence-corrected chi connectivity index (χ2v) is 7.89. The Labute approximate surface area is 135 Å². The molecule has 1 saturated heterocycles. The van der Waals surface area contributed by atoms with Crippen LogP contribution in [0, 0.1) is 0 Å². The molecule has 21 heavy (non-hydrogen) atoms. The van der Waals surface area contributed by atoms with Crippen LogP contribution in [0.25, 0.3) is 0 Å². The van der Waals surface area contributed by atoms with E-state index in [0.29, 0.717) is 6.42 Å². The number of hydrogen-bond donors (Lipinski definition) is 1. The van der Waals surface area contributed by atoms with Crippen LogP contribution in [-0.2, 0) is 11.2 Å². The van der Waals surface area contributed by atoms with Crippen molar-refractivity contribution < 1.29 is 5.11 Å². The van der Waals surface area contributed by atoms with Crippen molar-refractivity contribution in [3.63, 3.8) is 0 Å². The van der Waals surface area contributed by atoms with E-state index in [4.69, 9.17) is 0 Å². The summed E-state index contributed by atoms with van der Waals surface area (Å²) in [5.74, 6) is 3.26. The number of thioether (sulfide) groups is 2. The second kappa shape index (κ2) is 6.91. The highest BCUT2D eigenvalue weighted by Gasteiger charge is 2.41. The second-order valence-electron chi connectivity index (χ2n) is 5.36. The fourth-order valence-electron chi connectivity index (χ4n) is 2.82. The van der Waals surface area contributed by atoms with Crippen LogP contribution >= 0.6 is 23.5 Å². The summed E-state index contributed by atoms with van der Waals surface area (Å²) < 4.78 is -0.181. The predicted octanol–water partition coefficient (Wildman–Crippen LogP) is 3.97. The molecule has 1 N–H and O–H groups in total. The van der Waals surface area contributed by atoms with E-state index in [2.05, 4.69) is 36.4 Å². The number of aliphatic hydroxyl groups is 1. The largest absolute Gasteiger partial charge is 0.391 e. The van der Waals surface area contributed by atoms with Gasteiger partial charge in [-0.1, -0.05) is 60.7 Å². The van der Waals surface area contributed by atoms with Gasteiger partial charge in [0.05, 0.1) is 10.9 Å². The first-order chi connectivity index (χ1) is 10.3. The number of hydrogen-bond acceptors (Lipinski definition) is 3. The van der Waals surface area contributed by atoms with Crippen LogP contribution in [0.15, 0.2) is 60.7 Å². The van der Waals surface area contributed by atoms with Crippen LogP contribution in [-0.4, -0.2) is 28.5 Å². The lowest BCUT2D eigenvalue weighted by atomic mass is 9.90. The molecule has 1 nitrogen and oxygen atoms in total. The van der Waals surface area contributed by atoms with E-state index in [9.17, 15) is 5.11 Å². The van der Waals surface area contributed by atoms with Crippen molar-refractivity contribution in [1.82, 2.24) is 0 Å². The molecule has 1 aliphatic rings. The molecule has 2 aromatic rings. The SMILES string of the molecule is OC(Cc1ccccc1)C1(c2ccccc2)CSCCS1. The van der Waals surface area contributed by atoms with Gasteiger partial charge in [-0.3, -0.25) is 0 Å². The van der Waals surface area contributed by atoms with E-state index in [1.165, 1.54) is 16.9 Å². The molecule has 2 aromatic carbocycles. The molecule has 0 amide bonds. The first-order valence-corrected chi connectivity index (χ1v) is 9.44. The van der Waals surface area contributed by atoms with E-state index in [1.807, 2.05) is 47.8 Å². The lowest BCUT2D eigenvalue weighted by Crippen LogP contribution is -2.42. The van der Waals surface area contributed by atoms with Gasteiger partial charge < -0.3 is 5.11 Å². The molecule has 0 bridgehead atoms. The van der Waals surface area contributed by atoms with Crippen LogP contribution in [0.2, 0.25) is 0 Å². The molecule has 1 heterocycles. The van der Waals surface area contributed by atoms with Crippen LogP contribution < -0.4 is 0 Å². The molecular weight excluding hydrogens is 296 g/mol. The summed E-state index contributed by atoms with van der Waals surface area (Å²) in [5.41, 5.74) is 2.46. The van der Waals surface area contributed by atoms with Gasteiger partial charge in [-0.05, 0) is 11.1 Å². The molecule has 1 aliphatic heterocycles. The van der Waals surface area contributed by atoms with Crippen molar-refractivity contribution in [3.8, 4) is 0 Å². The van der Waals surface area contributed by atoms with Crippen molar-refractivity contribution >= 4 is 23.5 Å². The van der Waals surface area contributed by atoms with Crippen LogP contribution in [0.5, 0.6) is 0 Å². The Kier molecular flexibility index (Phi) is 4.94. The maximum absolute atomic E-state index is 11.0. The lowest BCUT2D eigenvalue weighted by molar-refractivity contribution is 0.136. The van der Waals surface area contributed by atoms with Crippen LogP contribution in [0.4, 0.5) is 0 Å². The van der Waals surface area contributed by atoms with Crippen LogP contribution in [0.1, 0.15) is 11.1 Å². The summed E-state index contributed by atoms with van der Waals surface area (Å²) in [7, 11) is 0. The fourth-order valence-corrected chi connectivity index (χ4v) is 5.96. The van der Waals surface area contributed by atoms with Crippen molar-refractivity contribution in [3.05, 3.63) is 71.8 Å². The van der Waals surface area contributed by atoms with Gasteiger partial charge in [-0.25, -0.2) is 0 Å². The molecular formula is C18H20OS2. The van der Waals surface area contributed by atoms with Gasteiger partial charge in [0.25, 0.3) is 0 Å². The van der Waals surface area contributed by atoms with E-state index in [0.717, 1.165) is 11.5 Å². The van der Waals surface area contributed by atoms with Crippen molar-refractivity contribution in [1.29, 1.82) is 0 Å². The number of aliphatic hydroxyl groups excluding tert-OH is 1. The van der Waals surface area contributed by atoms with Gasteiger partial charge in [0.1, 0.15) is 0 Å². The van der Waals surface area contributed by atoms with E-state index in [1.54, 1.807) is 0 Å². The molecule has 110 valence electrons. The highest BCUT2D eigenvalue weighted by Crippen LogP contribution is 2.46. The lowest BCUT2D eigenvalue weighted by Gasteiger charge is -2.40. The van der Waals surface area contributed by atoms with Gasteiger partial charge in [-0.15, -0.1) is 11.8 Å². The number of rotatable bonds is 4. The summed E-state index contributed by atoms with van der Waals surface area (Å²) in [5, 5.41) is 11.0. The van der Waals surface area contributed by atoms with Crippen molar-refractivity contribution in [2.45, 2.75) is 17.3 Å². The van der Waals surface area contributed by atoms with Gasteiger partial charge >= 0.3 is 0 Å². The molecule has 0 saturated carbocycles. The highest BCUT2D eigenvalue weighted by molar-refractivity contribution is 8.06. The molecule has 2 atom stereocenters. The van der Waals surface area contributed by atoms with Gasteiger partial charge in [0.2, 0.25) is 0 Å². The average molecular weight is 316 g/mol. The minimum absolute atomic E-state index is 0.181. The Balaban J connectivity index is 1.88. The Morgan fingerprint density at radius 3 is 2.24 bits per heavy atom. The van der Waals surface area contributed by atoms with Gasteiger partial charge in [0.15, 0.2) is 0 Å². The zero-order valence-electron chi connectivity index (χ0n) is 11.9. The smallest absolute Gasteiger partial charge is 0.0776 e. The molecule has 1 fully saturated rings. The summed E-state index contributed by atoms with van der Waals surface area (Å²) >= 11 is 3.88. The zero-order chi connectivity index (χ0) is 14.5. The third-order valence-corrected chi connectivity index (χ3v) is 7.15. The topological polar surface area (TPSA) is 20.2 Å². The molecule has 2 unspecified atom stereocenters. The minimum Gasteiger partial charge on any atom is -0.391 e. The Morgan fingerprint density at radius 2 is 1.62 bits per heavy atom. The normalized spacial score (nSPS) is 23.7. The highest BCUT2D eigenvalue weighted by atomic mass is 32.2. The quantitative estimate of drug-likeness (QED) is 0.922. The minimum atomic E-state index is -0.361. The first-order valence-electron chi connectivity index (χ1n) is 7.30. The summed E-state index contributed by atoms with van der Waals surface area (Å²) in [4.78, 5) is 0. The first kappa shape index (κ1) is 15.0. The van der Waals surface area contributed by atoms with Crippen molar-refractivity contribution in [2.75, 3.05) is 17.3 Å². The van der Waals surface area contributed by atoms with Crippen LogP contribution in [0.3, 0.4) is 0 Å². The van der Waals surface area contributed by atoms with E-state index < -0.39 is 0 Å². The Morgan fingerprint density at radius 1 is 0.952 bits per heavy atom. The zero-order valence-corrected chi connectivity index (χ0v) is 13.6.